The standard InChI is InChI=1S/C23H30N4O3/c28-20-8-7-19(21(29)25-20)27-14-18-16(5-3-6-17(18)22(27)30)13-26-12-2-1-9-23(26)10-4-11-24-15-23/h3,5-6,19,24H,1-2,4,7-15H2,(H,25,28,29). The van der Waals surface area contributed by atoms with Crippen molar-refractivity contribution in [2.24, 2.45) is 0 Å². The van der Waals surface area contributed by atoms with Gasteiger partial charge in [0.2, 0.25) is 11.8 Å². The van der Waals surface area contributed by atoms with Crippen LogP contribution in [0.2, 0.25) is 0 Å². The van der Waals surface area contributed by atoms with Gasteiger partial charge in [-0.05, 0) is 62.4 Å². The van der Waals surface area contributed by atoms with E-state index >= 15 is 0 Å². The topological polar surface area (TPSA) is 81.8 Å². The number of carbonyl (C=O) groups excluding carboxylic acids is 3. The number of nitrogens with zero attached hydrogens (tertiary/aromatic N) is 2. The van der Waals surface area contributed by atoms with Crippen molar-refractivity contribution in [3.05, 3.63) is 34.9 Å². The molecule has 2 N–H and O–H groups in total. The van der Waals surface area contributed by atoms with Crippen molar-refractivity contribution >= 4 is 17.7 Å². The molecule has 2 atom stereocenters. The van der Waals surface area contributed by atoms with Crippen molar-refractivity contribution in [2.75, 3.05) is 19.6 Å². The molecule has 4 aliphatic heterocycles. The van der Waals surface area contributed by atoms with Gasteiger partial charge in [-0.3, -0.25) is 24.6 Å². The van der Waals surface area contributed by atoms with Crippen LogP contribution in [0.3, 0.4) is 0 Å². The molecular formula is C23H30N4O3. The predicted molar refractivity (Wildman–Crippen MR) is 112 cm³/mol. The first-order valence-corrected chi connectivity index (χ1v) is 11.3. The van der Waals surface area contributed by atoms with Crippen LogP contribution >= 0.6 is 0 Å². The fourth-order valence-electron chi connectivity index (χ4n) is 5.84. The van der Waals surface area contributed by atoms with E-state index in [1.807, 2.05) is 12.1 Å². The number of carbonyl (C=O) groups is 3. The second-order valence-corrected chi connectivity index (χ2v) is 9.23. The van der Waals surface area contributed by atoms with Gasteiger partial charge in [0.15, 0.2) is 0 Å². The summed E-state index contributed by atoms with van der Waals surface area (Å²) in [5.41, 5.74) is 3.19. The zero-order valence-corrected chi connectivity index (χ0v) is 17.4. The highest BCUT2D eigenvalue weighted by Gasteiger charge is 2.42. The van der Waals surface area contributed by atoms with Gasteiger partial charge in [-0.2, -0.15) is 0 Å². The smallest absolute Gasteiger partial charge is 0.255 e. The van der Waals surface area contributed by atoms with Crippen LogP contribution < -0.4 is 10.6 Å². The second-order valence-electron chi connectivity index (χ2n) is 9.23. The van der Waals surface area contributed by atoms with Gasteiger partial charge in [0.05, 0.1) is 0 Å². The molecule has 0 radical (unpaired) electrons. The van der Waals surface area contributed by atoms with Crippen LogP contribution in [0.15, 0.2) is 18.2 Å². The number of hydrogen-bond donors (Lipinski definition) is 2. The number of benzene rings is 1. The quantitative estimate of drug-likeness (QED) is 0.739. The Labute approximate surface area is 177 Å². The van der Waals surface area contributed by atoms with Crippen molar-refractivity contribution in [3.8, 4) is 0 Å². The van der Waals surface area contributed by atoms with Crippen molar-refractivity contribution < 1.29 is 14.4 Å². The lowest BCUT2D eigenvalue weighted by atomic mass is 9.80. The summed E-state index contributed by atoms with van der Waals surface area (Å²) in [7, 11) is 0. The van der Waals surface area contributed by atoms with Gasteiger partial charge in [-0.25, -0.2) is 0 Å². The molecule has 1 spiro atoms. The van der Waals surface area contributed by atoms with Crippen molar-refractivity contribution in [2.45, 2.75) is 69.6 Å². The average molecular weight is 411 g/mol. The number of hydrogen-bond acceptors (Lipinski definition) is 5. The third kappa shape index (κ3) is 3.34. The molecule has 2 unspecified atom stereocenters. The summed E-state index contributed by atoms with van der Waals surface area (Å²) in [4.78, 5) is 41.3. The normalized spacial score (nSPS) is 29.9. The Morgan fingerprint density at radius 2 is 1.97 bits per heavy atom. The van der Waals surface area contributed by atoms with Crippen LogP contribution in [0.5, 0.6) is 0 Å². The first kappa shape index (κ1) is 19.7. The predicted octanol–water partition coefficient (Wildman–Crippen LogP) is 1.56. The molecule has 4 heterocycles. The van der Waals surface area contributed by atoms with Gasteiger partial charge in [0.1, 0.15) is 6.04 Å². The van der Waals surface area contributed by atoms with Crippen LogP contribution in [-0.2, 0) is 22.7 Å². The van der Waals surface area contributed by atoms with E-state index in [9.17, 15) is 14.4 Å². The number of rotatable bonds is 3. The van der Waals surface area contributed by atoms with Gasteiger partial charge in [-0.15, -0.1) is 0 Å². The monoisotopic (exact) mass is 410 g/mol. The largest absolute Gasteiger partial charge is 0.322 e. The summed E-state index contributed by atoms with van der Waals surface area (Å²) in [5.74, 6) is -0.691. The first-order valence-electron chi connectivity index (χ1n) is 11.3. The van der Waals surface area contributed by atoms with E-state index in [4.69, 9.17) is 0 Å². The molecule has 1 aromatic carbocycles. The zero-order chi connectivity index (χ0) is 20.7. The van der Waals surface area contributed by atoms with Crippen LogP contribution in [-0.4, -0.2) is 58.7 Å². The Hall–Kier alpha value is -2.25. The molecule has 7 heteroatoms. The van der Waals surface area contributed by atoms with Crippen LogP contribution in [0.1, 0.15) is 66.4 Å². The van der Waals surface area contributed by atoms with Gasteiger partial charge in [-0.1, -0.05) is 18.6 Å². The van der Waals surface area contributed by atoms with E-state index in [2.05, 4.69) is 21.6 Å². The maximum absolute atomic E-state index is 13.1. The Balaban J connectivity index is 1.39. The van der Waals surface area contributed by atoms with Crippen LogP contribution in [0.25, 0.3) is 0 Å². The second kappa shape index (κ2) is 7.78. The molecule has 7 nitrogen and oxygen atoms in total. The lowest BCUT2D eigenvalue weighted by Gasteiger charge is -2.50. The summed E-state index contributed by atoms with van der Waals surface area (Å²) in [6.45, 7) is 4.54. The summed E-state index contributed by atoms with van der Waals surface area (Å²) < 4.78 is 0. The maximum atomic E-state index is 13.1. The highest BCUT2D eigenvalue weighted by Crippen LogP contribution is 2.37. The molecule has 4 aliphatic rings. The highest BCUT2D eigenvalue weighted by atomic mass is 16.2. The number of fused-ring (bicyclic) bond motifs is 1. The molecule has 0 aliphatic carbocycles. The highest BCUT2D eigenvalue weighted by molar-refractivity contribution is 6.05. The van der Waals surface area contributed by atoms with E-state index in [0.29, 0.717) is 18.5 Å². The summed E-state index contributed by atoms with van der Waals surface area (Å²) in [6.07, 6.45) is 6.87. The van der Waals surface area contributed by atoms with E-state index in [0.717, 1.165) is 31.7 Å². The van der Waals surface area contributed by atoms with Gasteiger partial charge < -0.3 is 10.2 Å². The summed E-state index contributed by atoms with van der Waals surface area (Å²) in [6, 6.07) is 5.43. The third-order valence-electron chi connectivity index (χ3n) is 7.48. The molecule has 0 saturated carbocycles. The molecule has 0 bridgehead atoms. The van der Waals surface area contributed by atoms with Crippen LogP contribution in [0.4, 0.5) is 0 Å². The van der Waals surface area contributed by atoms with Crippen molar-refractivity contribution in [1.82, 2.24) is 20.4 Å². The molecule has 30 heavy (non-hydrogen) atoms. The molecule has 0 aromatic heterocycles. The molecule has 3 fully saturated rings. The number of nitrogens with one attached hydrogen (secondary N) is 2. The Morgan fingerprint density at radius 1 is 1.10 bits per heavy atom. The lowest BCUT2D eigenvalue weighted by molar-refractivity contribution is -0.136. The fourth-order valence-corrected chi connectivity index (χ4v) is 5.84. The third-order valence-corrected chi connectivity index (χ3v) is 7.48. The SMILES string of the molecule is O=C1CCC(N2Cc3c(CN4CCCCC45CCCNC5)cccc3C2=O)C(=O)N1. The van der Waals surface area contributed by atoms with Gasteiger partial charge >= 0.3 is 0 Å². The zero-order valence-electron chi connectivity index (χ0n) is 17.4. The molecular weight excluding hydrogens is 380 g/mol. The van der Waals surface area contributed by atoms with E-state index in [-0.39, 0.29) is 29.7 Å². The fraction of sp³-hybridized carbons (Fsp3) is 0.609. The van der Waals surface area contributed by atoms with Gasteiger partial charge in [0, 0.05) is 37.2 Å². The Morgan fingerprint density at radius 3 is 2.77 bits per heavy atom. The molecule has 5 rings (SSSR count). The van der Waals surface area contributed by atoms with E-state index in [1.54, 1.807) is 4.90 Å². The van der Waals surface area contributed by atoms with Crippen molar-refractivity contribution in [3.63, 3.8) is 0 Å². The molecule has 3 saturated heterocycles. The number of likely N-dealkylation sites (tertiary alicyclic amines) is 1. The Bertz CT molecular complexity index is 869. The summed E-state index contributed by atoms with van der Waals surface area (Å²) >= 11 is 0. The first-order chi connectivity index (χ1) is 14.6. The number of piperidine rings is 3. The molecule has 3 amide bonds. The average Bonchev–Trinajstić information content (AvgIpc) is 3.08. The van der Waals surface area contributed by atoms with E-state index < -0.39 is 6.04 Å². The summed E-state index contributed by atoms with van der Waals surface area (Å²) in [5, 5.41) is 5.99. The maximum Gasteiger partial charge on any atom is 0.255 e. The minimum Gasteiger partial charge on any atom is -0.322 e. The van der Waals surface area contributed by atoms with Crippen molar-refractivity contribution in [1.29, 1.82) is 0 Å². The van der Waals surface area contributed by atoms with Crippen LogP contribution in [0, 0.1) is 0 Å². The minimum atomic E-state index is -0.556. The molecule has 1 aromatic rings. The Kier molecular flexibility index (Phi) is 5.11. The van der Waals surface area contributed by atoms with E-state index in [1.165, 1.54) is 37.7 Å². The number of imide groups is 1. The molecule has 160 valence electrons. The lowest BCUT2D eigenvalue weighted by Crippen LogP contribution is -2.59. The van der Waals surface area contributed by atoms with Gasteiger partial charge in [0.25, 0.3) is 5.91 Å². The minimum absolute atomic E-state index is 0.0889. The number of amides is 3.